The summed E-state index contributed by atoms with van der Waals surface area (Å²) < 4.78 is 5.69. The highest BCUT2D eigenvalue weighted by Gasteiger charge is 2.36. The summed E-state index contributed by atoms with van der Waals surface area (Å²) >= 11 is 0. The Bertz CT molecular complexity index is 327. The van der Waals surface area contributed by atoms with E-state index in [1.807, 2.05) is 12.1 Å². The smallest absolute Gasteiger partial charge is 0.132 e. The van der Waals surface area contributed by atoms with Gasteiger partial charge in [-0.15, -0.1) is 0 Å². The summed E-state index contributed by atoms with van der Waals surface area (Å²) in [6.45, 7) is 6.45. The SMILES string of the molecule is CC(C)CC(O)c1ccc(C2CC2C)o1. The molecule has 84 valence electrons. The average Bonchev–Trinajstić information content (AvgIpc) is 2.70. The molecule has 2 nitrogen and oxygen atoms in total. The molecule has 1 fully saturated rings. The van der Waals surface area contributed by atoms with Crippen LogP contribution in [0.1, 0.15) is 57.2 Å². The van der Waals surface area contributed by atoms with Crippen LogP contribution in [0.4, 0.5) is 0 Å². The van der Waals surface area contributed by atoms with E-state index in [0.717, 1.165) is 23.9 Å². The highest BCUT2D eigenvalue weighted by Crippen LogP contribution is 2.47. The van der Waals surface area contributed by atoms with Crippen LogP contribution in [-0.2, 0) is 0 Å². The zero-order valence-electron chi connectivity index (χ0n) is 9.73. The molecule has 0 radical (unpaired) electrons. The third-order valence-corrected chi connectivity index (χ3v) is 3.15. The molecule has 1 aromatic rings. The Morgan fingerprint density at radius 3 is 2.67 bits per heavy atom. The van der Waals surface area contributed by atoms with Gasteiger partial charge in [0.15, 0.2) is 0 Å². The van der Waals surface area contributed by atoms with Gasteiger partial charge < -0.3 is 9.52 Å². The number of aliphatic hydroxyl groups excluding tert-OH is 1. The third-order valence-electron chi connectivity index (χ3n) is 3.15. The Balaban J connectivity index is 2.00. The lowest BCUT2D eigenvalue weighted by Crippen LogP contribution is -2.00. The van der Waals surface area contributed by atoms with Crippen LogP contribution in [0.2, 0.25) is 0 Å². The standard InChI is InChI=1S/C13H20O2/c1-8(2)6-11(14)13-5-4-12(15-13)10-7-9(10)3/h4-5,8-11,14H,6-7H2,1-3H3. The van der Waals surface area contributed by atoms with Gasteiger partial charge in [0.2, 0.25) is 0 Å². The van der Waals surface area contributed by atoms with Gasteiger partial charge >= 0.3 is 0 Å². The van der Waals surface area contributed by atoms with E-state index in [0.29, 0.717) is 11.8 Å². The molecule has 1 aliphatic rings. The maximum atomic E-state index is 9.88. The van der Waals surface area contributed by atoms with Crippen molar-refractivity contribution in [2.45, 2.75) is 45.6 Å². The molecule has 0 bridgehead atoms. The quantitative estimate of drug-likeness (QED) is 0.821. The molecule has 3 unspecified atom stereocenters. The molecule has 3 atom stereocenters. The van der Waals surface area contributed by atoms with Crippen LogP contribution in [0.3, 0.4) is 0 Å². The summed E-state index contributed by atoms with van der Waals surface area (Å²) in [6.07, 6.45) is 1.56. The highest BCUT2D eigenvalue weighted by molar-refractivity contribution is 5.18. The Labute approximate surface area is 91.3 Å². The molecule has 0 amide bonds. The molecule has 2 heteroatoms. The van der Waals surface area contributed by atoms with E-state index in [-0.39, 0.29) is 0 Å². The van der Waals surface area contributed by atoms with E-state index in [4.69, 9.17) is 4.42 Å². The van der Waals surface area contributed by atoms with Crippen LogP contribution in [0, 0.1) is 11.8 Å². The molecule has 15 heavy (non-hydrogen) atoms. The van der Waals surface area contributed by atoms with Gasteiger partial charge in [0, 0.05) is 5.92 Å². The maximum absolute atomic E-state index is 9.88. The molecule has 1 heterocycles. The maximum Gasteiger partial charge on any atom is 0.132 e. The molecule has 2 rings (SSSR count). The lowest BCUT2D eigenvalue weighted by Gasteiger charge is -2.09. The van der Waals surface area contributed by atoms with Gasteiger partial charge in [-0.3, -0.25) is 0 Å². The monoisotopic (exact) mass is 208 g/mol. The molecular formula is C13H20O2. The fraction of sp³-hybridized carbons (Fsp3) is 0.692. The van der Waals surface area contributed by atoms with Crippen LogP contribution < -0.4 is 0 Å². The van der Waals surface area contributed by atoms with Gasteiger partial charge in [-0.2, -0.15) is 0 Å². The Kier molecular flexibility index (Phi) is 2.87. The van der Waals surface area contributed by atoms with Crippen molar-refractivity contribution < 1.29 is 9.52 Å². The summed E-state index contributed by atoms with van der Waals surface area (Å²) in [5, 5.41) is 9.88. The third kappa shape index (κ3) is 2.43. The Morgan fingerprint density at radius 2 is 2.13 bits per heavy atom. The second-order valence-corrected chi connectivity index (χ2v) is 5.20. The summed E-state index contributed by atoms with van der Waals surface area (Å²) in [6, 6.07) is 3.94. The Morgan fingerprint density at radius 1 is 1.47 bits per heavy atom. The fourth-order valence-electron chi connectivity index (χ4n) is 2.03. The summed E-state index contributed by atoms with van der Waals surface area (Å²) in [4.78, 5) is 0. The lowest BCUT2D eigenvalue weighted by atomic mass is 10.0. The van der Waals surface area contributed by atoms with Crippen LogP contribution in [0.15, 0.2) is 16.5 Å². The van der Waals surface area contributed by atoms with Gasteiger partial charge in [-0.05, 0) is 36.8 Å². The van der Waals surface area contributed by atoms with Gasteiger partial charge in [-0.1, -0.05) is 20.8 Å². The zero-order chi connectivity index (χ0) is 11.0. The molecule has 1 N–H and O–H groups in total. The first-order valence-corrected chi connectivity index (χ1v) is 5.85. The molecule has 1 aliphatic carbocycles. The van der Waals surface area contributed by atoms with E-state index < -0.39 is 6.10 Å². The van der Waals surface area contributed by atoms with Crippen molar-refractivity contribution in [1.29, 1.82) is 0 Å². The van der Waals surface area contributed by atoms with Crippen molar-refractivity contribution in [2.24, 2.45) is 11.8 Å². The number of hydrogen-bond donors (Lipinski definition) is 1. The van der Waals surface area contributed by atoms with Crippen LogP contribution in [0.5, 0.6) is 0 Å². The molecule has 1 aromatic heterocycles. The summed E-state index contributed by atoms with van der Waals surface area (Å²) in [7, 11) is 0. The van der Waals surface area contributed by atoms with Crippen LogP contribution in [-0.4, -0.2) is 5.11 Å². The van der Waals surface area contributed by atoms with Crippen molar-refractivity contribution in [3.63, 3.8) is 0 Å². The van der Waals surface area contributed by atoms with E-state index in [1.165, 1.54) is 6.42 Å². The van der Waals surface area contributed by atoms with Crippen molar-refractivity contribution in [2.75, 3.05) is 0 Å². The van der Waals surface area contributed by atoms with E-state index in [2.05, 4.69) is 20.8 Å². The largest absolute Gasteiger partial charge is 0.463 e. The second-order valence-electron chi connectivity index (χ2n) is 5.20. The number of rotatable bonds is 4. The minimum atomic E-state index is -0.437. The number of furan rings is 1. The van der Waals surface area contributed by atoms with Crippen molar-refractivity contribution in [3.8, 4) is 0 Å². The predicted molar refractivity (Wildman–Crippen MR) is 59.6 cm³/mol. The lowest BCUT2D eigenvalue weighted by molar-refractivity contribution is 0.124. The number of aliphatic hydroxyl groups is 1. The van der Waals surface area contributed by atoms with E-state index >= 15 is 0 Å². The summed E-state index contributed by atoms with van der Waals surface area (Å²) in [5.74, 6) is 3.64. The first-order valence-electron chi connectivity index (χ1n) is 5.85. The minimum Gasteiger partial charge on any atom is -0.463 e. The van der Waals surface area contributed by atoms with Gasteiger partial charge in [0.25, 0.3) is 0 Å². The van der Waals surface area contributed by atoms with Gasteiger partial charge in [0.1, 0.15) is 17.6 Å². The molecule has 0 aliphatic heterocycles. The molecular weight excluding hydrogens is 188 g/mol. The normalized spacial score (nSPS) is 27.0. The fourth-order valence-corrected chi connectivity index (χ4v) is 2.03. The van der Waals surface area contributed by atoms with E-state index in [9.17, 15) is 5.11 Å². The van der Waals surface area contributed by atoms with E-state index in [1.54, 1.807) is 0 Å². The first-order chi connectivity index (χ1) is 7.08. The van der Waals surface area contributed by atoms with Crippen LogP contribution in [0.25, 0.3) is 0 Å². The number of hydrogen-bond acceptors (Lipinski definition) is 2. The topological polar surface area (TPSA) is 33.4 Å². The van der Waals surface area contributed by atoms with Crippen molar-refractivity contribution in [3.05, 3.63) is 23.7 Å². The average molecular weight is 208 g/mol. The van der Waals surface area contributed by atoms with Crippen LogP contribution >= 0.6 is 0 Å². The predicted octanol–water partition coefficient (Wildman–Crippen LogP) is 3.48. The van der Waals surface area contributed by atoms with Crippen molar-refractivity contribution >= 4 is 0 Å². The summed E-state index contributed by atoms with van der Waals surface area (Å²) in [5.41, 5.74) is 0. The van der Waals surface area contributed by atoms with Gasteiger partial charge in [0.05, 0.1) is 0 Å². The second kappa shape index (κ2) is 4.01. The molecule has 0 saturated heterocycles. The highest BCUT2D eigenvalue weighted by atomic mass is 16.4. The zero-order valence-corrected chi connectivity index (χ0v) is 9.73. The first kappa shape index (κ1) is 10.7. The molecule has 0 aromatic carbocycles. The van der Waals surface area contributed by atoms with Gasteiger partial charge in [-0.25, -0.2) is 0 Å². The molecule has 1 saturated carbocycles. The minimum absolute atomic E-state index is 0.437. The Hall–Kier alpha value is -0.760. The van der Waals surface area contributed by atoms with Crippen molar-refractivity contribution in [1.82, 2.24) is 0 Å². The molecule has 0 spiro atoms.